The fourth-order valence-corrected chi connectivity index (χ4v) is 5.15. The molecule has 0 saturated heterocycles. The van der Waals surface area contributed by atoms with Crippen LogP contribution in [0.4, 0.5) is 0 Å². The molecule has 0 amide bonds. The minimum atomic E-state index is -0.452. The highest BCUT2D eigenvalue weighted by molar-refractivity contribution is 5.87. The minimum absolute atomic E-state index is 0.231. The first-order chi connectivity index (χ1) is 16.1. The Kier molecular flexibility index (Phi) is 7.74. The van der Waals surface area contributed by atoms with E-state index in [9.17, 15) is 4.79 Å². The first kappa shape index (κ1) is 23.4. The van der Waals surface area contributed by atoms with Crippen LogP contribution in [0.15, 0.2) is 34.8 Å². The fourth-order valence-electron chi connectivity index (χ4n) is 5.15. The van der Waals surface area contributed by atoms with E-state index in [-0.39, 0.29) is 5.76 Å². The molecule has 4 rings (SSSR count). The van der Waals surface area contributed by atoms with Gasteiger partial charge in [-0.1, -0.05) is 63.7 Å². The van der Waals surface area contributed by atoms with E-state index >= 15 is 0 Å². The summed E-state index contributed by atoms with van der Waals surface area (Å²) in [6.07, 6.45) is 21.9. The molecule has 4 heteroatoms. The monoisotopic (exact) mass is 447 g/mol. The first-order valence-corrected chi connectivity index (χ1v) is 12.6. The maximum Gasteiger partial charge on any atom is 0.373 e. The van der Waals surface area contributed by atoms with Crippen LogP contribution in [0.5, 0.6) is 0 Å². The molecule has 0 bridgehead atoms. The van der Waals surface area contributed by atoms with Gasteiger partial charge in [0.1, 0.15) is 5.76 Å². The van der Waals surface area contributed by atoms with Crippen LogP contribution in [0.2, 0.25) is 0 Å². The molecule has 1 N–H and O–H groups in total. The summed E-state index contributed by atoms with van der Waals surface area (Å²) in [4.78, 5) is 15.5. The van der Waals surface area contributed by atoms with Gasteiger partial charge in [-0.15, -0.1) is 0 Å². The number of methoxy groups -OCH3 is 1. The molecule has 4 nitrogen and oxygen atoms in total. The summed E-state index contributed by atoms with van der Waals surface area (Å²) in [7, 11) is 1.36. The maximum atomic E-state index is 11.8. The van der Waals surface area contributed by atoms with E-state index in [4.69, 9.17) is 9.15 Å². The van der Waals surface area contributed by atoms with E-state index in [0.29, 0.717) is 11.7 Å². The number of allylic oxidation sites excluding steroid dienone is 4. The molecule has 2 aliphatic rings. The Balaban J connectivity index is 1.62. The number of hydrogen-bond acceptors (Lipinski definition) is 3. The number of fused-ring (bicyclic) bond motifs is 3. The Morgan fingerprint density at radius 3 is 2.79 bits per heavy atom. The van der Waals surface area contributed by atoms with Crippen LogP contribution in [-0.2, 0) is 11.2 Å². The van der Waals surface area contributed by atoms with Crippen LogP contribution in [0, 0.1) is 0 Å². The smallest absolute Gasteiger partial charge is 0.373 e. The van der Waals surface area contributed by atoms with Crippen molar-refractivity contribution in [3.8, 4) is 0 Å². The van der Waals surface area contributed by atoms with Gasteiger partial charge in [-0.2, -0.15) is 0 Å². The SMILES string of the molecule is CCCCCCCCC1C=CC(C=C(C)c2ccc(C(=O)OC)o2)=c2[nH]c3c(c21)CCCC=3. The van der Waals surface area contributed by atoms with Gasteiger partial charge in [0.05, 0.1) is 7.11 Å². The molecule has 0 aromatic carbocycles. The minimum Gasteiger partial charge on any atom is -0.463 e. The van der Waals surface area contributed by atoms with Crippen molar-refractivity contribution >= 4 is 23.2 Å². The van der Waals surface area contributed by atoms with E-state index in [2.05, 4.69) is 36.2 Å². The number of rotatable bonds is 10. The van der Waals surface area contributed by atoms with Gasteiger partial charge in [0.15, 0.2) is 0 Å². The lowest BCUT2D eigenvalue weighted by atomic mass is 9.84. The second kappa shape index (κ2) is 10.9. The molecule has 2 aromatic rings. The zero-order chi connectivity index (χ0) is 23.2. The molecular formula is C29H37NO3. The number of hydrogen-bond donors (Lipinski definition) is 1. The molecule has 176 valence electrons. The molecule has 0 saturated carbocycles. The Labute approximate surface area is 197 Å². The largest absolute Gasteiger partial charge is 0.463 e. The second-order valence-corrected chi connectivity index (χ2v) is 9.36. The van der Waals surface area contributed by atoms with Crippen LogP contribution in [0.3, 0.4) is 0 Å². The number of unbranched alkanes of at least 4 members (excludes halogenated alkanes) is 5. The molecule has 0 radical (unpaired) electrons. The summed E-state index contributed by atoms with van der Waals surface area (Å²) in [5.74, 6) is 0.959. The predicted octanol–water partition coefficient (Wildman–Crippen LogP) is 6.17. The van der Waals surface area contributed by atoms with Crippen LogP contribution in [-0.4, -0.2) is 18.1 Å². The zero-order valence-corrected chi connectivity index (χ0v) is 20.3. The highest BCUT2D eigenvalue weighted by Gasteiger charge is 2.23. The maximum absolute atomic E-state index is 11.8. The normalized spacial score (nSPS) is 17.5. The van der Waals surface area contributed by atoms with E-state index in [1.165, 1.54) is 85.9 Å². The van der Waals surface area contributed by atoms with E-state index < -0.39 is 5.97 Å². The average molecular weight is 448 g/mol. The van der Waals surface area contributed by atoms with Crippen molar-refractivity contribution < 1.29 is 13.9 Å². The number of furan rings is 1. The van der Waals surface area contributed by atoms with E-state index in [1.54, 1.807) is 6.07 Å². The number of aromatic amines is 1. The molecular weight excluding hydrogens is 410 g/mol. The van der Waals surface area contributed by atoms with E-state index in [1.807, 2.05) is 13.0 Å². The van der Waals surface area contributed by atoms with Crippen molar-refractivity contribution in [1.29, 1.82) is 0 Å². The van der Waals surface area contributed by atoms with Crippen LogP contribution >= 0.6 is 0 Å². The molecule has 0 fully saturated rings. The molecule has 2 aromatic heterocycles. The summed E-state index contributed by atoms with van der Waals surface area (Å²) in [6.45, 7) is 4.30. The van der Waals surface area contributed by atoms with Gasteiger partial charge in [0, 0.05) is 16.6 Å². The number of carbonyl (C=O) groups excluding carboxylic acids is 1. The highest BCUT2D eigenvalue weighted by atomic mass is 16.5. The van der Waals surface area contributed by atoms with Gasteiger partial charge >= 0.3 is 5.97 Å². The molecule has 0 spiro atoms. The van der Waals surface area contributed by atoms with Crippen molar-refractivity contribution in [2.75, 3.05) is 7.11 Å². The van der Waals surface area contributed by atoms with Gasteiger partial charge in [0.25, 0.3) is 0 Å². The third-order valence-corrected chi connectivity index (χ3v) is 6.95. The van der Waals surface area contributed by atoms with Crippen molar-refractivity contribution in [3.63, 3.8) is 0 Å². The van der Waals surface area contributed by atoms with Crippen molar-refractivity contribution in [2.45, 2.75) is 84.0 Å². The van der Waals surface area contributed by atoms with Crippen LogP contribution in [0.25, 0.3) is 17.2 Å². The number of aromatic nitrogens is 1. The average Bonchev–Trinajstić information content (AvgIpc) is 3.48. The first-order valence-electron chi connectivity index (χ1n) is 12.6. The lowest BCUT2D eigenvalue weighted by Gasteiger charge is -2.19. The van der Waals surface area contributed by atoms with Crippen molar-refractivity contribution in [3.05, 3.63) is 63.7 Å². The van der Waals surface area contributed by atoms with Gasteiger partial charge in [-0.25, -0.2) is 4.79 Å². The standard InChI is InChI=1S/C29H37NO3/c1-4-5-6-7-8-9-12-21-15-16-22(28-27(21)23-13-10-11-14-24(23)30-28)19-20(2)25-17-18-26(33-25)29(31)32-3/h14-19,21,30H,4-13H2,1-3H3. The fraction of sp³-hybridized carbons (Fsp3) is 0.483. The Hall–Kier alpha value is -2.75. The molecule has 2 aliphatic carbocycles. The van der Waals surface area contributed by atoms with Gasteiger partial charge in [-0.3, -0.25) is 0 Å². The van der Waals surface area contributed by atoms with Crippen molar-refractivity contribution in [2.24, 2.45) is 0 Å². The topological polar surface area (TPSA) is 55.2 Å². The summed E-state index contributed by atoms with van der Waals surface area (Å²) in [5.41, 5.74) is 5.19. The quantitative estimate of drug-likeness (QED) is 0.350. The third kappa shape index (κ3) is 5.26. The third-order valence-electron chi connectivity index (χ3n) is 6.95. The highest BCUT2D eigenvalue weighted by Crippen LogP contribution is 2.30. The van der Waals surface area contributed by atoms with Crippen LogP contribution in [0.1, 0.15) is 105 Å². The lowest BCUT2D eigenvalue weighted by molar-refractivity contribution is 0.0564. The molecule has 1 unspecified atom stereocenters. The summed E-state index contributed by atoms with van der Waals surface area (Å²) < 4.78 is 10.5. The summed E-state index contributed by atoms with van der Waals surface area (Å²) in [5, 5.41) is 2.58. The lowest BCUT2D eigenvalue weighted by Crippen LogP contribution is -2.19. The number of esters is 1. The number of carbonyl (C=O) groups is 1. The Bertz CT molecular complexity index is 1160. The molecule has 1 atom stereocenters. The Morgan fingerprint density at radius 2 is 1.97 bits per heavy atom. The molecule has 2 heterocycles. The van der Waals surface area contributed by atoms with Gasteiger partial charge in [-0.05, 0) is 73.1 Å². The van der Waals surface area contributed by atoms with Crippen LogP contribution < -0.4 is 10.7 Å². The number of H-pyrrole nitrogens is 1. The van der Waals surface area contributed by atoms with E-state index in [0.717, 1.165) is 18.4 Å². The summed E-state index contributed by atoms with van der Waals surface area (Å²) in [6, 6.07) is 3.51. The Morgan fingerprint density at radius 1 is 1.18 bits per heavy atom. The molecule has 33 heavy (non-hydrogen) atoms. The van der Waals surface area contributed by atoms with Crippen molar-refractivity contribution in [1.82, 2.24) is 4.98 Å². The second-order valence-electron chi connectivity index (χ2n) is 9.36. The number of nitrogens with one attached hydrogen (secondary N) is 1. The van der Waals surface area contributed by atoms with Gasteiger partial charge < -0.3 is 14.1 Å². The summed E-state index contributed by atoms with van der Waals surface area (Å²) >= 11 is 0. The number of ether oxygens (including phenoxy) is 1. The molecule has 0 aliphatic heterocycles. The predicted molar refractivity (Wildman–Crippen MR) is 134 cm³/mol. The zero-order valence-electron chi connectivity index (χ0n) is 20.3. The van der Waals surface area contributed by atoms with Gasteiger partial charge in [0.2, 0.25) is 5.76 Å².